The van der Waals surface area contributed by atoms with Gasteiger partial charge in [-0.25, -0.2) is 0 Å². The van der Waals surface area contributed by atoms with E-state index in [4.69, 9.17) is 0 Å². The molecule has 0 aromatic heterocycles. The van der Waals surface area contributed by atoms with Crippen molar-refractivity contribution in [2.24, 2.45) is 4.99 Å². The Balaban J connectivity index is 2.13. The normalized spacial score (nSPS) is 23.6. The molecule has 2 rings (SSSR count). The van der Waals surface area contributed by atoms with Crippen LogP contribution in [0.2, 0.25) is 0 Å². The second-order valence-corrected chi connectivity index (χ2v) is 3.85. The second kappa shape index (κ2) is 4.79. The lowest BCUT2D eigenvalue weighted by Gasteiger charge is -2.20. The van der Waals surface area contributed by atoms with E-state index in [1.807, 2.05) is 12.3 Å². The lowest BCUT2D eigenvalue weighted by molar-refractivity contribution is 0.575. The summed E-state index contributed by atoms with van der Waals surface area (Å²) in [6.07, 6.45) is 17.4. The van der Waals surface area contributed by atoms with Crippen LogP contribution in [0.1, 0.15) is 13.3 Å². The van der Waals surface area contributed by atoms with Crippen molar-refractivity contribution >= 4 is 6.21 Å². The predicted octanol–water partition coefficient (Wildman–Crippen LogP) is 3.19. The van der Waals surface area contributed by atoms with Gasteiger partial charge in [0.1, 0.15) is 0 Å². The summed E-state index contributed by atoms with van der Waals surface area (Å²) in [4.78, 5) is 6.17. The summed E-state index contributed by atoms with van der Waals surface area (Å²) in [6.45, 7) is 2.17. The van der Waals surface area contributed by atoms with Crippen molar-refractivity contribution in [3.8, 4) is 0 Å². The Morgan fingerprint density at radius 2 is 2.12 bits per heavy atom. The van der Waals surface area contributed by atoms with Gasteiger partial charge in [-0.15, -0.1) is 0 Å². The summed E-state index contributed by atoms with van der Waals surface area (Å²) >= 11 is 0. The van der Waals surface area contributed by atoms with Gasteiger partial charge in [-0.1, -0.05) is 19.1 Å². The Hall–Kier alpha value is -1.83. The van der Waals surface area contributed by atoms with Gasteiger partial charge in [0.15, 0.2) is 0 Å². The van der Waals surface area contributed by atoms with E-state index in [2.05, 4.69) is 54.4 Å². The SMILES string of the molecule is CCC1=CN(C)/C(=C/C=C2\C=CN=C2)C=C1. The monoisotopic (exact) mass is 212 g/mol. The molecule has 2 heteroatoms. The first-order valence-electron chi connectivity index (χ1n) is 5.53. The minimum absolute atomic E-state index is 1.07. The van der Waals surface area contributed by atoms with Gasteiger partial charge in [-0.3, -0.25) is 4.99 Å². The number of allylic oxidation sites excluding steroid dienone is 7. The third kappa shape index (κ3) is 2.40. The second-order valence-electron chi connectivity index (χ2n) is 3.85. The number of rotatable bonds is 2. The van der Waals surface area contributed by atoms with Crippen molar-refractivity contribution in [3.63, 3.8) is 0 Å². The fourth-order valence-corrected chi connectivity index (χ4v) is 1.64. The summed E-state index contributed by atoms with van der Waals surface area (Å²) in [6, 6.07) is 0. The maximum atomic E-state index is 4.03. The molecule has 82 valence electrons. The van der Waals surface area contributed by atoms with Crippen LogP contribution in [0, 0.1) is 0 Å². The first kappa shape index (κ1) is 10.7. The molecule has 0 radical (unpaired) electrons. The lowest BCUT2D eigenvalue weighted by Crippen LogP contribution is -2.12. The van der Waals surface area contributed by atoms with Crippen LogP contribution in [0.4, 0.5) is 0 Å². The topological polar surface area (TPSA) is 15.6 Å². The summed E-state index contributed by atoms with van der Waals surface area (Å²) in [5, 5.41) is 0. The average Bonchev–Trinajstić information content (AvgIpc) is 2.80. The molecule has 0 spiro atoms. The molecule has 0 aliphatic carbocycles. The Kier molecular flexibility index (Phi) is 3.20. The van der Waals surface area contributed by atoms with Crippen LogP contribution < -0.4 is 0 Å². The molecule has 0 aromatic carbocycles. The summed E-state index contributed by atoms with van der Waals surface area (Å²) in [5.41, 5.74) is 3.69. The fourth-order valence-electron chi connectivity index (χ4n) is 1.64. The maximum Gasteiger partial charge on any atom is 0.0403 e. The minimum Gasteiger partial charge on any atom is -0.351 e. The van der Waals surface area contributed by atoms with E-state index >= 15 is 0 Å². The predicted molar refractivity (Wildman–Crippen MR) is 69.1 cm³/mol. The number of likely N-dealkylation sites (N-methyl/N-ethyl adjacent to an activating group) is 1. The van der Waals surface area contributed by atoms with Gasteiger partial charge in [0.05, 0.1) is 0 Å². The average molecular weight is 212 g/mol. The van der Waals surface area contributed by atoms with E-state index in [1.54, 1.807) is 6.20 Å². The van der Waals surface area contributed by atoms with Crippen molar-refractivity contribution in [3.05, 3.63) is 59.6 Å². The molecule has 0 saturated carbocycles. The maximum absolute atomic E-state index is 4.03. The summed E-state index contributed by atoms with van der Waals surface area (Å²) in [5.74, 6) is 0. The molecule has 2 nitrogen and oxygen atoms in total. The van der Waals surface area contributed by atoms with E-state index in [0.717, 1.165) is 12.0 Å². The Labute approximate surface area is 96.7 Å². The van der Waals surface area contributed by atoms with Gasteiger partial charge in [-0.05, 0) is 35.8 Å². The van der Waals surface area contributed by atoms with Gasteiger partial charge in [0, 0.05) is 31.4 Å². The van der Waals surface area contributed by atoms with Gasteiger partial charge >= 0.3 is 0 Å². The van der Waals surface area contributed by atoms with Gasteiger partial charge in [0.2, 0.25) is 0 Å². The highest BCUT2D eigenvalue weighted by molar-refractivity contribution is 5.85. The summed E-state index contributed by atoms with van der Waals surface area (Å²) < 4.78 is 0. The van der Waals surface area contributed by atoms with Crippen molar-refractivity contribution in [1.82, 2.24) is 4.90 Å². The van der Waals surface area contributed by atoms with Crippen LogP contribution >= 0.6 is 0 Å². The first-order valence-corrected chi connectivity index (χ1v) is 5.53. The molecule has 2 heterocycles. The molecule has 16 heavy (non-hydrogen) atoms. The molecule has 0 fully saturated rings. The largest absolute Gasteiger partial charge is 0.351 e. The van der Waals surface area contributed by atoms with Crippen LogP contribution in [0.25, 0.3) is 0 Å². The first-order chi connectivity index (χ1) is 7.79. The third-order valence-electron chi connectivity index (χ3n) is 2.67. The number of hydrogen-bond donors (Lipinski definition) is 0. The Morgan fingerprint density at radius 3 is 2.75 bits per heavy atom. The van der Waals surface area contributed by atoms with Crippen LogP contribution in [0.15, 0.2) is 64.6 Å². The Bertz CT molecular complexity index is 431. The number of aliphatic imine (C=N–C) groups is 1. The van der Waals surface area contributed by atoms with E-state index in [-0.39, 0.29) is 0 Å². The zero-order chi connectivity index (χ0) is 11.4. The highest BCUT2D eigenvalue weighted by Gasteiger charge is 2.04. The van der Waals surface area contributed by atoms with Crippen LogP contribution in [-0.4, -0.2) is 18.2 Å². The Morgan fingerprint density at radius 1 is 1.25 bits per heavy atom. The van der Waals surface area contributed by atoms with Crippen molar-refractivity contribution in [2.45, 2.75) is 13.3 Å². The standard InChI is InChI=1S/C14H16N2/c1-3-12-4-6-14(16(2)11-12)7-5-13-8-9-15-10-13/h4-11H,3H2,1-2H3/b13-5+,14-7+. The molecule has 0 saturated heterocycles. The molecule has 0 amide bonds. The third-order valence-corrected chi connectivity index (χ3v) is 2.67. The highest BCUT2D eigenvalue weighted by Crippen LogP contribution is 2.17. The van der Waals surface area contributed by atoms with E-state index < -0.39 is 0 Å². The molecule has 0 aromatic rings. The van der Waals surface area contributed by atoms with Gasteiger partial charge < -0.3 is 4.90 Å². The fraction of sp³-hybridized carbons (Fsp3) is 0.214. The quantitative estimate of drug-likeness (QED) is 0.686. The molecule has 0 bridgehead atoms. The molecule has 2 aliphatic heterocycles. The van der Waals surface area contributed by atoms with Crippen molar-refractivity contribution in [2.75, 3.05) is 7.05 Å². The van der Waals surface area contributed by atoms with Gasteiger partial charge in [0.25, 0.3) is 0 Å². The minimum atomic E-state index is 1.07. The molecule has 0 N–H and O–H groups in total. The highest BCUT2D eigenvalue weighted by atomic mass is 15.1. The molecule has 2 aliphatic rings. The molecule has 0 unspecified atom stereocenters. The van der Waals surface area contributed by atoms with E-state index in [1.165, 1.54) is 11.3 Å². The van der Waals surface area contributed by atoms with Crippen LogP contribution in [0.5, 0.6) is 0 Å². The summed E-state index contributed by atoms with van der Waals surface area (Å²) in [7, 11) is 2.07. The van der Waals surface area contributed by atoms with Gasteiger partial charge in [-0.2, -0.15) is 0 Å². The van der Waals surface area contributed by atoms with Crippen LogP contribution in [0.3, 0.4) is 0 Å². The molecular formula is C14H16N2. The van der Waals surface area contributed by atoms with Crippen molar-refractivity contribution < 1.29 is 0 Å². The van der Waals surface area contributed by atoms with E-state index in [9.17, 15) is 0 Å². The molecule has 0 atom stereocenters. The number of nitrogens with zero attached hydrogens (tertiary/aromatic N) is 2. The lowest BCUT2D eigenvalue weighted by atomic mass is 10.1. The van der Waals surface area contributed by atoms with E-state index in [0.29, 0.717) is 0 Å². The smallest absolute Gasteiger partial charge is 0.0403 e. The number of hydrogen-bond acceptors (Lipinski definition) is 2. The molecular weight excluding hydrogens is 196 g/mol. The zero-order valence-electron chi connectivity index (χ0n) is 9.72. The van der Waals surface area contributed by atoms with Crippen molar-refractivity contribution in [1.29, 1.82) is 0 Å². The van der Waals surface area contributed by atoms with Crippen LogP contribution in [-0.2, 0) is 0 Å². The zero-order valence-corrected chi connectivity index (χ0v) is 9.72.